The number of ether oxygens (including phenoxy) is 1. The van der Waals surface area contributed by atoms with E-state index in [1.54, 1.807) is 43.3 Å². The van der Waals surface area contributed by atoms with Gasteiger partial charge in [0.2, 0.25) is 0 Å². The number of nitrogens with zero attached hydrogens (tertiary/aromatic N) is 1. The number of hydrazone groups is 1. The van der Waals surface area contributed by atoms with E-state index in [-0.39, 0.29) is 24.5 Å². The van der Waals surface area contributed by atoms with Crippen molar-refractivity contribution in [1.29, 1.82) is 0 Å². The molecular weight excluding hydrogens is 346 g/mol. The Labute approximate surface area is 157 Å². The van der Waals surface area contributed by atoms with Gasteiger partial charge in [0.1, 0.15) is 0 Å². The number of amides is 1. The van der Waals surface area contributed by atoms with Crippen LogP contribution in [0.1, 0.15) is 39.6 Å². The van der Waals surface area contributed by atoms with Crippen molar-refractivity contribution >= 4 is 29.1 Å². The van der Waals surface area contributed by atoms with Gasteiger partial charge in [-0.25, -0.2) is 10.2 Å². The summed E-state index contributed by atoms with van der Waals surface area (Å²) in [5.41, 5.74) is 9.99. The highest BCUT2D eigenvalue weighted by Crippen LogP contribution is 2.08. The molecule has 2 aromatic rings. The molecular formula is C20H21N3O4. The lowest BCUT2D eigenvalue weighted by Gasteiger charge is -2.07. The lowest BCUT2D eigenvalue weighted by atomic mass is 10.0. The summed E-state index contributed by atoms with van der Waals surface area (Å²) in [5, 5.41) is 3.81. The Kier molecular flexibility index (Phi) is 6.82. The van der Waals surface area contributed by atoms with Crippen molar-refractivity contribution in [2.24, 2.45) is 5.10 Å². The molecule has 0 saturated carbocycles. The molecule has 0 aromatic heterocycles. The molecule has 0 atom stereocenters. The van der Waals surface area contributed by atoms with Gasteiger partial charge in [-0.15, -0.1) is 0 Å². The predicted octanol–water partition coefficient (Wildman–Crippen LogP) is 2.50. The number of carbonyl (C=O) groups is 3. The Morgan fingerprint density at radius 2 is 1.59 bits per heavy atom. The van der Waals surface area contributed by atoms with E-state index < -0.39 is 11.9 Å². The van der Waals surface area contributed by atoms with Crippen molar-refractivity contribution < 1.29 is 19.1 Å². The van der Waals surface area contributed by atoms with Crippen LogP contribution in [0, 0.1) is 6.92 Å². The highest BCUT2D eigenvalue weighted by molar-refractivity contribution is 6.40. The van der Waals surface area contributed by atoms with Crippen LogP contribution < -0.4 is 11.2 Å². The maximum atomic E-state index is 12.4. The van der Waals surface area contributed by atoms with Crippen LogP contribution in [0.15, 0.2) is 53.6 Å². The first kappa shape index (κ1) is 19.8. The number of Topliss-reactive ketones (excluding diaryl/α,β-unsaturated/α-hetero) is 1. The topological polar surface area (TPSA) is 111 Å². The van der Waals surface area contributed by atoms with Crippen molar-refractivity contribution in [3.8, 4) is 0 Å². The summed E-state index contributed by atoms with van der Waals surface area (Å²) in [4.78, 5) is 36.6. The fraction of sp³-hybridized carbons (Fsp3) is 0.200. The first-order valence-electron chi connectivity index (χ1n) is 8.40. The fourth-order valence-corrected chi connectivity index (χ4v) is 2.18. The summed E-state index contributed by atoms with van der Waals surface area (Å²) >= 11 is 0. The largest absolute Gasteiger partial charge is 0.461 e. The number of hydrogen-bond donors (Lipinski definition) is 2. The third-order valence-electron chi connectivity index (χ3n) is 3.68. The molecule has 0 unspecified atom stereocenters. The second-order valence-electron chi connectivity index (χ2n) is 5.81. The minimum atomic E-state index is -0.754. The highest BCUT2D eigenvalue weighted by Gasteiger charge is 2.19. The van der Waals surface area contributed by atoms with Crippen LogP contribution in [-0.2, 0) is 9.53 Å². The molecule has 27 heavy (non-hydrogen) atoms. The van der Waals surface area contributed by atoms with Crippen molar-refractivity contribution in [2.45, 2.75) is 20.3 Å². The SMILES string of the molecule is CCOC(=O)/C(CC(=O)c1ccc(C)cc1)=N\NC(=O)c1ccc(N)cc1. The Morgan fingerprint density at radius 1 is 1.00 bits per heavy atom. The van der Waals surface area contributed by atoms with Crippen LogP contribution in [-0.4, -0.2) is 30.0 Å². The average molecular weight is 367 g/mol. The van der Waals surface area contributed by atoms with Gasteiger partial charge in [0.25, 0.3) is 5.91 Å². The molecule has 0 aliphatic heterocycles. The summed E-state index contributed by atoms with van der Waals surface area (Å²) in [7, 11) is 0. The number of nitrogens with two attached hydrogens (primary N) is 1. The van der Waals surface area contributed by atoms with Gasteiger partial charge in [0.15, 0.2) is 11.5 Å². The van der Waals surface area contributed by atoms with E-state index in [2.05, 4.69) is 10.5 Å². The Bertz CT molecular complexity index is 856. The summed E-state index contributed by atoms with van der Waals surface area (Å²) in [6.07, 6.45) is -0.288. The van der Waals surface area contributed by atoms with Crippen molar-refractivity contribution in [2.75, 3.05) is 12.3 Å². The van der Waals surface area contributed by atoms with Crippen LogP contribution in [0.25, 0.3) is 0 Å². The molecule has 0 heterocycles. The van der Waals surface area contributed by atoms with Gasteiger partial charge in [0.05, 0.1) is 13.0 Å². The van der Waals surface area contributed by atoms with Crippen LogP contribution >= 0.6 is 0 Å². The number of aryl methyl sites for hydroxylation is 1. The first-order valence-corrected chi connectivity index (χ1v) is 8.40. The molecule has 7 nitrogen and oxygen atoms in total. The molecule has 2 aromatic carbocycles. The third kappa shape index (κ3) is 5.78. The number of rotatable bonds is 7. The lowest BCUT2D eigenvalue weighted by Crippen LogP contribution is -2.27. The molecule has 0 bridgehead atoms. The van der Waals surface area contributed by atoms with E-state index >= 15 is 0 Å². The van der Waals surface area contributed by atoms with Crippen LogP contribution in [0.2, 0.25) is 0 Å². The van der Waals surface area contributed by atoms with Gasteiger partial charge in [-0.2, -0.15) is 5.10 Å². The normalized spacial score (nSPS) is 11.0. The second-order valence-corrected chi connectivity index (χ2v) is 5.81. The molecule has 0 radical (unpaired) electrons. The molecule has 0 spiro atoms. The molecule has 7 heteroatoms. The van der Waals surface area contributed by atoms with Gasteiger partial charge in [-0.1, -0.05) is 29.8 Å². The number of ketones is 1. The molecule has 140 valence electrons. The summed E-state index contributed by atoms with van der Waals surface area (Å²) < 4.78 is 4.92. The predicted molar refractivity (Wildman–Crippen MR) is 103 cm³/mol. The van der Waals surface area contributed by atoms with E-state index in [1.807, 2.05) is 6.92 Å². The number of esters is 1. The Balaban J connectivity index is 2.15. The number of benzene rings is 2. The fourth-order valence-electron chi connectivity index (χ4n) is 2.18. The van der Waals surface area contributed by atoms with E-state index in [0.717, 1.165) is 5.56 Å². The summed E-state index contributed by atoms with van der Waals surface area (Å²) in [6.45, 7) is 3.68. The minimum absolute atomic E-state index is 0.127. The maximum Gasteiger partial charge on any atom is 0.354 e. The zero-order chi connectivity index (χ0) is 19.8. The number of carbonyl (C=O) groups excluding carboxylic acids is 3. The van der Waals surface area contributed by atoms with E-state index in [4.69, 9.17) is 10.5 Å². The molecule has 0 fully saturated rings. The third-order valence-corrected chi connectivity index (χ3v) is 3.68. The molecule has 0 aliphatic rings. The average Bonchev–Trinajstić information content (AvgIpc) is 2.66. The maximum absolute atomic E-state index is 12.4. The van der Waals surface area contributed by atoms with Crippen LogP contribution in [0.3, 0.4) is 0 Å². The van der Waals surface area contributed by atoms with E-state index in [1.165, 1.54) is 12.1 Å². The van der Waals surface area contributed by atoms with E-state index in [0.29, 0.717) is 16.8 Å². The first-order chi connectivity index (χ1) is 12.9. The summed E-state index contributed by atoms with van der Waals surface area (Å²) in [6, 6.07) is 13.2. The minimum Gasteiger partial charge on any atom is -0.461 e. The summed E-state index contributed by atoms with van der Waals surface area (Å²) in [5.74, 6) is -1.58. The van der Waals surface area contributed by atoms with Crippen LogP contribution in [0.5, 0.6) is 0 Å². The van der Waals surface area contributed by atoms with Crippen molar-refractivity contribution in [3.05, 3.63) is 65.2 Å². The zero-order valence-electron chi connectivity index (χ0n) is 15.2. The Hall–Kier alpha value is -3.48. The molecule has 3 N–H and O–H groups in total. The van der Waals surface area contributed by atoms with Gasteiger partial charge >= 0.3 is 5.97 Å². The van der Waals surface area contributed by atoms with Crippen LogP contribution in [0.4, 0.5) is 5.69 Å². The molecule has 1 amide bonds. The monoisotopic (exact) mass is 367 g/mol. The zero-order valence-corrected chi connectivity index (χ0v) is 15.2. The smallest absolute Gasteiger partial charge is 0.354 e. The standard InChI is InChI=1S/C20H21N3O4/c1-3-27-20(26)17(12-18(24)14-6-4-13(2)5-7-14)22-23-19(25)15-8-10-16(21)11-9-15/h4-11H,3,12,21H2,1-2H3,(H,23,25)/b22-17-. The van der Waals surface area contributed by atoms with E-state index in [9.17, 15) is 14.4 Å². The molecule has 0 aliphatic carbocycles. The molecule has 0 saturated heterocycles. The number of nitrogen functional groups attached to an aromatic ring is 1. The van der Waals surface area contributed by atoms with Crippen molar-refractivity contribution in [1.82, 2.24) is 5.43 Å². The Morgan fingerprint density at radius 3 is 2.19 bits per heavy atom. The number of nitrogens with one attached hydrogen (secondary N) is 1. The van der Waals surface area contributed by atoms with Crippen molar-refractivity contribution in [3.63, 3.8) is 0 Å². The molecule has 2 rings (SSSR count). The van der Waals surface area contributed by atoms with Gasteiger partial charge in [-0.3, -0.25) is 9.59 Å². The van der Waals surface area contributed by atoms with Gasteiger partial charge < -0.3 is 10.5 Å². The highest BCUT2D eigenvalue weighted by atomic mass is 16.5. The number of hydrogen-bond acceptors (Lipinski definition) is 6. The van der Waals surface area contributed by atoms with Gasteiger partial charge in [-0.05, 0) is 38.1 Å². The van der Waals surface area contributed by atoms with Gasteiger partial charge in [0, 0.05) is 16.8 Å². The second kappa shape index (κ2) is 9.28. The quantitative estimate of drug-likeness (QED) is 0.257. The number of anilines is 1. The lowest BCUT2D eigenvalue weighted by molar-refractivity contribution is -0.135.